The summed E-state index contributed by atoms with van der Waals surface area (Å²) in [6.07, 6.45) is 1.66. The molecule has 1 N–H and O–H groups in total. The zero-order chi connectivity index (χ0) is 15.4. The number of hydrogen-bond donors (Lipinski definition) is 1. The molecule has 1 heterocycles. The van der Waals surface area contributed by atoms with Gasteiger partial charge in [-0.25, -0.2) is 13.4 Å². The summed E-state index contributed by atoms with van der Waals surface area (Å²) < 4.78 is 26.6. The lowest BCUT2D eigenvalue weighted by molar-refractivity contribution is 0.241. The van der Waals surface area contributed by atoms with Gasteiger partial charge in [-0.3, -0.25) is 0 Å². The SMILES string of the molecule is CC(C)(C)CN(CCCO)S(=O)(=O)c1ccc(Cl)nc1. The molecular weight excluding hydrogens is 300 g/mol. The molecule has 5 nitrogen and oxygen atoms in total. The van der Waals surface area contributed by atoms with Crippen LogP contribution in [-0.2, 0) is 10.0 Å². The van der Waals surface area contributed by atoms with Crippen LogP contribution in [-0.4, -0.2) is 42.5 Å². The molecule has 1 aromatic rings. The smallest absolute Gasteiger partial charge is 0.244 e. The Balaban J connectivity index is 3.06. The maximum atomic E-state index is 12.6. The largest absolute Gasteiger partial charge is 0.396 e. The number of aliphatic hydroxyl groups excluding tert-OH is 1. The molecule has 1 aromatic heterocycles. The van der Waals surface area contributed by atoms with E-state index in [4.69, 9.17) is 16.7 Å². The topological polar surface area (TPSA) is 70.5 Å². The molecule has 0 amide bonds. The second-order valence-corrected chi connectivity index (χ2v) is 8.12. The van der Waals surface area contributed by atoms with Crippen LogP contribution in [0.1, 0.15) is 27.2 Å². The van der Waals surface area contributed by atoms with Crippen molar-refractivity contribution in [2.24, 2.45) is 5.41 Å². The molecule has 7 heteroatoms. The van der Waals surface area contributed by atoms with E-state index in [1.807, 2.05) is 20.8 Å². The van der Waals surface area contributed by atoms with E-state index in [0.717, 1.165) is 0 Å². The molecule has 0 atom stereocenters. The number of halogens is 1. The molecule has 1 rings (SSSR count). The quantitative estimate of drug-likeness (QED) is 0.815. The molecule has 0 unspecified atom stereocenters. The minimum absolute atomic E-state index is 0.0466. The molecule has 0 saturated carbocycles. The van der Waals surface area contributed by atoms with E-state index in [2.05, 4.69) is 4.98 Å². The van der Waals surface area contributed by atoms with Crippen LogP contribution >= 0.6 is 11.6 Å². The summed E-state index contributed by atoms with van der Waals surface area (Å²) >= 11 is 5.68. The van der Waals surface area contributed by atoms with Crippen LogP contribution in [0.2, 0.25) is 5.15 Å². The average molecular weight is 321 g/mol. The van der Waals surface area contributed by atoms with Gasteiger partial charge in [-0.2, -0.15) is 4.31 Å². The van der Waals surface area contributed by atoms with E-state index in [1.54, 1.807) is 0 Å². The predicted octanol–water partition coefficient (Wildman–Crippen LogP) is 2.15. The number of pyridine rings is 1. The van der Waals surface area contributed by atoms with Crippen molar-refractivity contribution in [3.05, 3.63) is 23.5 Å². The van der Waals surface area contributed by atoms with Gasteiger partial charge in [0.2, 0.25) is 10.0 Å². The van der Waals surface area contributed by atoms with Crippen LogP contribution in [0.15, 0.2) is 23.2 Å². The van der Waals surface area contributed by atoms with Gasteiger partial charge in [0.15, 0.2) is 0 Å². The van der Waals surface area contributed by atoms with Gasteiger partial charge in [0.05, 0.1) is 0 Å². The first-order chi connectivity index (χ1) is 9.16. The zero-order valence-electron chi connectivity index (χ0n) is 12.0. The Bertz CT molecular complexity index is 524. The second kappa shape index (κ2) is 6.85. The molecule has 0 aliphatic rings. The van der Waals surface area contributed by atoms with Gasteiger partial charge in [-0.15, -0.1) is 0 Å². The molecule has 0 radical (unpaired) electrons. The van der Waals surface area contributed by atoms with Crippen LogP contribution in [0, 0.1) is 5.41 Å². The van der Waals surface area contributed by atoms with Gasteiger partial charge in [0.1, 0.15) is 10.0 Å². The summed E-state index contributed by atoms with van der Waals surface area (Å²) in [5, 5.41) is 9.19. The summed E-state index contributed by atoms with van der Waals surface area (Å²) in [6.45, 7) is 6.50. The van der Waals surface area contributed by atoms with Gasteiger partial charge in [0.25, 0.3) is 0 Å². The molecule has 0 aliphatic heterocycles. The van der Waals surface area contributed by atoms with Crippen molar-refractivity contribution < 1.29 is 13.5 Å². The standard InChI is InChI=1S/C13H21ClN2O3S/c1-13(2,3)10-16(7-4-8-17)20(18,19)11-5-6-12(14)15-9-11/h5-6,9,17H,4,7-8,10H2,1-3H3. The molecule has 0 bridgehead atoms. The normalized spacial score (nSPS) is 12.9. The van der Waals surface area contributed by atoms with Gasteiger partial charge in [-0.1, -0.05) is 32.4 Å². The Labute approximate surface area is 125 Å². The number of hydrogen-bond acceptors (Lipinski definition) is 4. The maximum Gasteiger partial charge on any atom is 0.244 e. The lowest BCUT2D eigenvalue weighted by Crippen LogP contribution is -2.38. The predicted molar refractivity (Wildman–Crippen MR) is 79.2 cm³/mol. The van der Waals surface area contributed by atoms with E-state index >= 15 is 0 Å². The highest BCUT2D eigenvalue weighted by Gasteiger charge is 2.28. The fourth-order valence-electron chi connectivity index (χ4n) is 1.72. The molecule has 114 valence electrons. The van der Waals surface area contributed by atoms with Gasteiger partial charge >= 0.3 is 0 Å². The van der Waals surface area contributed by atoms with Crippen molar-refractivity contribution in [1.29, 1.82) is 0 Å². The van der Waals surface area contributed by atoms with Crippen molar-refractivity contribution in [1.82, 2.24) is 9.29 Å². The van der Waals surface area contributed by atoms with E-state index in [1.165, 1.54) is 22.6 Å². The number of aromatic nitrogens is 1. The van der Waals surface area contributed by atoms with Crippen molar-refractivity contribution in [3.8, 4) is 0 Å². The van der Waals surface area contributed by atoms with Gasteiger partial charge in [-0.05, 0) is 24.0 Å². The fraction of sp³-hybridized carbons (Fsp3) is 0.615. The van der Waals surface area contributed by atoms with Crippen LogP contribution < -0.4 is 0 Å². The third-order valence-electron chi connectivity index (χ3n) is 2.55. The minimum Gasteiger partial charge on any atom is -0.396 e. The molecule has 0 fully saturated rings. The number of rotatable bonds is 6. The Hall–Kier alpha value is -0.690. The number of aliphatic hydroxyl groups is 1. The van der Waals surface area contributed by atoms with Gasteiger partial charge in [0, 0.05) is 25.9 Å². The molecule has 0 saturated heterocycles. The minimum atomic E-state index is -3.62. The summed E-state index contributed by atoms with van der Waals surface area (Å²) in [5.41, 5.74) is -0.178. The first kappa shape index (κ1) is 17.4. The number of nitrogens with zero attached hydrogens (tertiary/aromatic N) is 2. The highest BCUT2D eigenvalue weighted by atomic mass is 35.5. The first-order valence-electron chi connectivity index (χ1n) is 6.39. The monoisotopic (exact) mass is 320 g/mol. The van der Waals surface area contributed by atoms with Crippen molar-refractivity contribution in [3.63, 3.8) is 0 Å². The summed E-state index contributed by atoms with van der Waals surface area (Å²) in [5.74, 6) is 0. The lowest BCUT2D eigenvalue weighted by atomic mass is 9.97. The van der Waals surface area contributed by atoms with E-state index in [9.17, 15) is 8.42 Å². The van der Waals surface area contributed by atoms with E-state index in [0.29, 0.717) is 13.0 Å². The van der Waals surface area contributed by atoms with E-state index < -0.39 is 10.0 Å². The molecule has 0 aromatic carbocycles. The van der Waals surface area contributed by atoms with Gasteiger partial charge < -0.3 is 5.11 Å². The van der Waals surface area contributed by atoms with E-state index in [-0.39, 0.29) is 28.6 Å². The Morgan fingerprint density at radius 1 is 1.35 bits per heavy atom. The molecule has 0 spiro atoms. The Morgan fingerprint density at radius 3 is 2.45 bits per heavy atom. The third kappa shape index (κ3) is 5.01. The van der Waals surface area contributed by atoms with Crippen LogP contribution in [0.4, 0.5) is 0 Å². The molecule has 20 heavy (non-hydrogen) atoms. The van der Waals surface area contributed by atoms with Crippen molar-refractivity contribution >= 4 is 21.6 Å². The Morgan fingerprint density at radius 2 is 2.00 bits per heavy atom. The zero-order valence-corrected chi connectivity index (χ0v) is 13.6. The summed E-state index contributed by atoms with van der Waals surface area (Å²) in [6, 6.07) is 2.90. The highest BCUT2D eigenvalue weighted by Crippen LogP contribution is 2.22. The second-order valence-electron chi connectivity index (χ2n) is 5.79. The maximum absolute atomic E-state index is 12.6. The van der Waals surface area contributed by atoms with Crippen LogP contribution in [0.3, 0.4) is 0 Å². The number of sulfonamides is 1. The summed E-state index contributed by atoms with van der Waals surface area (Å²) in [4.78, 5) is 3.93. The van der Waals surface area contributed by atoms with Crippen LogP contribution in [0.25, 0.3) is 0 Å². The molecule has 0 aliphatic carbocycles. The average Bonchev–Trinajstić information content (AvgIpc) is 2.33. The van der Waals surface area contributed by atoms with Crippen molar-refractivity contribution in [2.45, 2.75) is 32.1 Å². The fourth-order valence-corrected chi connectivity index (χ4v) is 3.49. The first-order valence-corrected chi connectivity index (χ1v) is 8.21. The summed E-state index contributed by atoms with van der Waals surface area (Å²) in [7, 11) is -3.62. The molecular formula is C13H21ClN2O3S. The third-order valence-corrected chi connectivity index (χ3v) is 4.61. The van der Waals surface area contributed by atoms with Crippen molar-refractivity contribution in [2.75, 3.05) is 19.7 Å². The highest BCUT2D eigenvalue weighted by molar-refractivity contribution is 7.89. The lowest BCUT2D eigenvalue weighted by Gasteiger charge is -2.29. The van der Waals surface area contributed by atoms with Crippen LogP contribution in [0.5, 0.6) is 0 Å². The Kier molecular flexibility index (Phi) is 5.94.